The molecule has 2 bridgehead atoms. The lowest BCUT2D eigenvalue weighted by molar-refractivity contribution is -0.137. The molecule has 4 atom stereocenters. The third-order valence-electron chi connectivity index (χ3n) is 6.16. The van der Waals surface area contributed by atoms with E-state index in [0.29, 0.717) is 18.4 Å². The molecule has 4 rings (SSSR count). The molecule has 0 spiro atoms. The second kappa shape index (κ2) is 6.82. The molecule has 2 aliphatic carbocycles. The SMILES string of the molecule is Cc1ccc(S(=O)(=O)O[C@H]2C3CCC2[C@@](O)(c2ccc(C(F)(F)F)cc2)C3)cc1. The molecule has 0 radical (unpaired) electrons. The van der Waals surface area contributed by atoms with Crippen LogP contribution in [0.5, 0.6) is 0 Å². The number of halogens is 3. The van der Waals surface area contributed by atoms with Gasteiger partial charge >= 0.3 is 6.18 Å². The second-order valence-electron chi connectivity index (χ2n) is 7.98. The summed E-state index contributed by atoms with van der Waals surface area (Å²) in [6.07, 6.45) is -3.63. The summed E-state index contributed by atoms with van der Waals surface area (Å²) < 4.78 is 69.4. The predicted molar refractivity (Wildman–Crippen MR) is 99.4 cm³/mol. The second-order valence-corrected chi connectivity index (χ2v) is 9.55. The zero-order valence-corrected chi connectivity index (χ0v) is 16.5. The Kier molecular flexibility index (Phi) is 4.79. The van der Waals surface area contributed by atoms with Crippen LogP contribution in [0.3, 0.4) is 0 Å². The summed E-state index contributed by atoms with van der Waals surface area (Å²) in [6.45, 7) is 1.85. The number of hydrogen-bond donors (Lipinski definition) is 1. The summed E-state index contributed by atoms with van der Waals surface area (Å²) in [7, 11) is -4.00. The van der Waals surface area contributed by atoms with Gasteiger partial charge in [-0.3, -0.25) is 4.18 Å². The van der Waals surface area contributed by atoms with Gasteiger partial charge in [-0.05, 0) is 61.9 Å². The van der Waals surface area contributed by atoms with Crippen molar-refractivity contribution in [2.75, 3.05) is 0 Å². The smallest absolute Gasteiger partial charge is 0.385 e. The molecule has 0 saturated heterocycles. The van der Waals surface area contributed by atoms with Gasteiger partial charge < -0.3 is 5.11 Å². The van der Waals surface area contributed by atoms with Crippen molar-refractivity contribution in [3.05, 3.63) is 65.2 Å². The van der Waals surface area contributed by atoms with Crippen LogP contribution in [0.4, 0.5) is 13.2 Å². The number of alkyl halides is 3. The van der Waals surface area contributed by atoms with Gasteiger partial charge in [0.1, 0.15) is 0 Å². The Morgan fingerprint density at radius 1 is 1.03 bits per heavy atom. The lowest BCUT2D eigenvalue weighted by Gasteiger charge is -2.33. The fourth-order valence-electron chi connectivity index (χ4n) is 4.66. The zero-order chi connectivity index (χ0) is 21.0. The predicted octanol–water partition coefficient (Wildman–Crippen LogP) is 4.41. The first kappa shape index (κ1) is 20.4. The van der Waals surface area contributed by atoms with Gasteiger partial charge in [0.2, 0.25) is 0 Å². The fraction of sp³-hybridized carbons (Fsp3) is 0.429. The molecular weight excluding hydrogens is 405 g/mol. The number of rotatable bonds is 4. The van der Waals surface area contributed by atoms with E-state index in [1.165, 1.54) is 24.3 Å². The van der Waals surface area contributed by atoms with E-state index < -0.39 is 39.5 Å². The Morgan fingerprint density at radius 3 is 2.24 bits per heavy atom. The molecule has 2 fully saturated rings. The van der Waals surface area contributed by atoms with E-state index in [2.05, 4.69) is 0 Å². The highest BCUT2D eigenvalue weighted by Crippen LogP contribution is 2.57. The van der Waals surface area contributed by atoms with Crippen LogP contribution >= 0.6 is 0 Å². The van der Waals surface area contributed by atoms with Crippen molar-refractivity contribution in [1.82, 2.24) is 0 Å². The summed E-state index contributed by atoms with van der Waals surface area (Å²) in [5.74, 6) is -0.669. The first-order chi connectivity index (χ1) is 13.5. The molecule has 4 nitrogen and oxygen atoms in total. The van der Waals surface area contributed by atoms with E-state index in [1.54, 1.807) is 12.1 Å². The maximum atomic E-state index is 12.8. The van der Waals surface area contributed by atoms with Crippen molar-refractivity contribution in [3.8, 4) is 0 Å². The molecule has 2 unspecified atom stereocenters. The first-order valence-electron chi connectivity index (χ1n) is 9.41. The van der Waals surface area contributed by atoms with Gasteiger partial charge in [0.25, 0.3) is 10.1 Å². The van der Waals surface area contributed by atoms with Gasteiger partial charge in [-0.2, -0.15) is 21.6 Å². The summed E-state index contributed by atoms with van der Waals surface area (Å²) in [5.41, 5.74) is -0.913. The van der Waals surface area contributed by atoms with Gasteiger partial charge in [0.15, 0.2) is 0 Å². The lowest BCUT2D eigenvalue weighted by atomic mass is 9.78. The molecule has 156 valence electrons. The number of benzene rings is 2. The first-order valence-corrected chi connectivity index (χ1v) is 10.8. The monoisotopic (exact) mass is 426 g/mol. The minimum atomic E-state index is -4.45. The van der Waals surface area contributed by atoms with E-state index in [9.17, 15) is 26.7 Å². The maximum Gasteiger partial charge on any atom is 0.416 e. The van der Waals surface area contributed by atoms with Crippen LogP contribution in [-0.2, 0) is 26.1 Å². The van der Waals surface area contributed by atoms with Crippen molar-refractivity contribution in [2.24, 2.45) is 11.8 Å². The Balaban J connectivity index is 1.59. The van der Waals surface area contributed by atoms with Crippen molar-refractivity contribution in [3.63, 3.8) is 0 Å². The van der Waals surface area contributed by atoms with Crippen LogP contribution in [-0.4, -0.2) is 19.6 Å². The molecule has 2 aliphatic rings. The molecule has 0 amide bonds. The zero-order valence-electron chi connectivity index (χ0n) is 15.7. The highest BCUT2D eigenvalue weighted by molar-refractivity contribution is 7.86. The Bertz CT molecular complexity index is 1000. The van der Waals surface area contributed by atoms with Crippen molar-refractivity contribution in [2.45, 2.75) is 49.0 Å². The normalized spacial score (nSPS) is 29.3. The lowest BCUT2D eigenvalue weighted by Crippen LogP contribution is -2.35. The maximum absolute atomic E-state index is 12.8. The molecule has 29 heavy (non-hydrogen) atoms. The Morgan fingerprint density at radius 2 is 1.66 bits per heavy atom. The van der Waals surface area contributed by atoms with Gasteiger partial charge in [-0.1, -0.05) is 29.8 Å². The van der Waals surface area contributed by atoms with E-state index >= 15 is 0 Å². The van der Waals surface area contributed by atoms with E-state index in [-0.39, 0.29) is 17.2 Å². The third kappa shape index (κ3) is 3.58. The summed E-state index contributed by atoms with van der Waals surface area (Å²) in [4.78, 5) is 0.0486. The molecule has 0 aromatic heterocycles. The van der Waals surface area contributed by atoms with E-state index in [0.717, 1.165) is 17.7 Å². The van der Waals surface area contributed by atoms with E-state index in [1.807, 2.05) is 6.92 Å². The Hall–Kier alpha value is -1.90. The van der Waals surface area contributed by atoms with Crippen molar-refractivity contribution < 1.29 is 30.9 Å². The average Bonchev–Trinajstić information content (AvgIpc) is 3.15. The minimum absolute atomic E-state index is 0.0486. The molecule has 0 aliphatic heterocycles. The number of aliphatic hydroxyl groups is 1. The average molecular weight is 426 g/mol. The highest BCUT2D eigenvalue weighted by Gasteiger charge is 2.59. The van der Waals surface area contributed by atoms with Crippen LogP contribution in [0, 0.1) is 18.8 Å². The Labute approximate surface area is 167 Å². The number of fused-ring (bicyclic) bond motifs is 2. The molecule has 1 N–H and O–H groups in total. The van der Waals surface area contributed by atoms with Crippen LogP contribution < -0.4 is 0 Å². The van der Waals surface area contributed by atoms with Crippen LogP contribution in [0.15, 0.2) is 53.4 Å². The fourth-order valence-corrected chi connectivity index (χ4v) is 5.83. The largest absolute Gasteiger partial charge is 0.416 e. The number of aryl methyl sites for hydroxylation is 1. The topological polar surface area (TPSA) is 63.6 Å². The summed E-state index contributed by atoms with van der Waals surface area (Å²) in [5, 5.41) is 11.3. The minimum Gasteiger partial charge on any atom is -0.385 e. The molecule has 8 heteroatoms. The van der Waals surface area contributed by atoms with Gasteiger partial charge in [-0.15, -0.1) is 0 Å². The molecule has 2 saturated carbocycles. The quantitative estimate of drug-likeness (QED) is 0.736. The molecule has 0 heterocycles. The van der Waals surface area contributed by atoms with Crippen molar-refractivity contribution >= 4 is 10.1 Å². The van der Waals surface area contributed by atoms with Gasteiger partial charge in [0, 0.05) is 5.92 Å². The molecule has 2 aromatic rings. The summed E-state index contributed by atoms with van der Waals surface area (Å²) >= 11 is 0. The number of hydrogen-bond acceptors (Lipinski definition) is 4. The third-order valence-corrected chi connectivity index (χ3v) is 7.48. The van der Waals surface area contributed by atoms with Crippen LogP contribution in [0.2, 0.25) is 0 Å². The van der Waals surface area contributed by atoms with E-state index in [4.69, 9.17) is 4.18 Å². The summed E-state index contributed by atoms with van der Waals surface area (Å²) in [6, 6.07) is 10.7. The standard InChI is InChI=1S/C21H21F3O4S/c1-13-2-9-17(10-3-13)29(26,27)28-19-14-4-11-18(19)20(25,12-14)15-5-7-16(8-6-15)21(22,23)24/h2-3,5-10,14,18-19,25H,4,11-12H2,1H3/t14?,18?,19-,20-/m0/s1. The van der Waals surface area contributed by atoms with Gasteiger partial charge in [0.05, 0.1) is 22.2 Å². The highest BCUT2D eigenvalue weighted by atomic mass is 32.2. The van der Waals surface area contributed by atoms with Gasteiger partial charge in [-0.25, -0.2) is 0 Å². The van der Waals surface area contributed by atoms with Crippen LogP contribution in [0.25, 0.3) is 0 Å². The molecule has 2 aromatic carbocycles. The molecular formula is C21H21F3O4S. The van der Waals surface area contributed by atoms with Crippen molar-refractivity contribution in [1.29, 1.82) is 0 Å². The van der Waals surface area contributed by atoms with Crippen LogP contribution in [0.1, 0.15) is 36.0 Å².